The molecule has 0 radical (unpaired) electrons. The molecule has 0 amide bonds. The second-order valence-corrected chi connectivity index (χ2v) is 10.8. The van der Waals surface area contributed by atoms with E-state index in [1.54, 1.807) is 0 Å². The molecule has 7 rings (SSSR count). The molecule has 3 aliphatic carbocycles. The maximum atomic E-state index is 6.96. The number of hydrogen-bond donors (Lipinski definition) is 4. The van der Waals surface area contributed by atoms with Gasteiger partial charge >= 0.3 is 0 Å². The number of rotatable bonds is 3. The van der Waals surface area contributed by atoms with Crippen molar-refractivity contribution in [3.05, 3.63) is 143 Å². The van der Waals surface area contributed by atoms with Crippen LogP contribution in [0.15, 0.2) is 109 Å². The van der Waals surface area contributed by atoms with Crippen molar-refractivity contribution in [1.29, 1.82) is 0 Å². The average Bonchev–Trinajstić information content (AvgIpc) is 3.36. The van der Waals surface area contributed by atoms with E-state index in [9.17, 15) is 0 Å². The molecule has 0 bridgehead atoms. The number of allylic oxidation sites excluding steroid dienone is 2. The van der Waals surface area contributed by atoms with Crippen molar-refractivity contribution in [2.45, 2.75) is 17.5 Å². The lowest BCUT2D eigenvalue weighted by Crippen LogP contribution is -2.58. The number of hydrogen-bond acceptors (Lipinski definition) is 4. The number of fused-ring (bicyclic) bond motifs is 9. The van der Waals surface area contributed by atoms with Crippen LogP contribution in [-0.2, 0) is 11.8 Å². The Hall–Kier alpha value is -4.38. The summed E-state index contributed by atoms with van der Waals surface area (Å²) in [6.07, 6.45) is 6.63. The largest absolute Gasteiger partial charge is 0.399 e. The third kappa shape index (κ3) is 2.93. The molecule has 0 saturated carbocycles. The summed E-state index contributed by atoms with van der Waals surface area (Å²) in [5, 5.41) is 0. The Morgan fingerprint density at radius 1 is 0.737 bits per heavy atom. The summed E-state index contributed by atoms with van der Waals surface area (Å²) in [4.78, 5) is 0. The van der Waals surface area contributed by atoms with Crippen molar-refractivity contribution in [3.63, 3.8) is 0 Å². The zero-order chi connectivity index (χ0) is 26.2. The number of anilines is 2. The fourth-order valence-corrected chi connectivity index (χ4v) is 7.00. The summed E-state index contributed by atoms with van der Waals surface area (Å²) < 4.78 is 0. The summed E-state index contributed by atoms with van der Waals surface area (Å²) in [6.45, 7) is 3.89. The molecule has 0 aromatic heterocycles. The highest BCUT2D eigenvalue weighted by Gasteiger charge is 2.57. The van der Waals surface area contributed by atoms with Crippen molar-refractivity contribution in [2.75, 3.05) is 11.5 Å². The van der Waals surface area contributed by atoms with Crippen LogP contribution in [0.4, 0.5) is 11.4 Å². The van der Waals surface area contributed by atoms with Crippen LogP contribution >= 0.6 is 0 Å². The molecule has 2 unspecified atom stereocenters. The molecule has 1 spiro atoms. The van der Waals surface area contributed by atoms with E-state index in [1.165, 1.54) is 33.4 Å². The molecular weight excluding hydrogens is 464 g/mol. The summed E-state index contributed by atoms with van der Waals surface area (Å²) >= 11 is 0. The molecule has 0 saturated heterocycles. The number of benzene rings is 4. The predicted molar refractivity (Wildman–Crippen MR) is 158 cm³/mol. The second kappa shape index (κ2) is 7.81. The molecule has 0 aliphatic heterocycles. The van der Waals surface area contributed by atoms with Gasteiger partial charge in [-0.15, -0.1) is 0 Å². The maximum absolute atomic E-state index is 6.96. The first-order chi connectivity index (χ1) is 18.3. The van der Waals surface area contributed by atoms with Gasteiger partial charge in [-0.2, -0.15) is 0 Å². The molecule has 186 valence electrons. The van der Waals surface area contributed by atoms with Crippen LogP contribution in [0.2, 0.25) is 0 Å². The van der Waals surface area contributed by atoms with E-state index in [2.05, 4.69) is 85.5 Å². The Labute approximate surface area is 223 Å². The smallest absolute Gasteiger partial charge is 0.0902 e. The molecule has 4 heteroatoms. The van der Waals surface area contributed by atoms with Crippen LogP contribution in [0.1, 0.15) is 33.4 Å². The van der Waals surface area contributed by atoms with Gasteiger partial charge in [-0.05, 0) is 92.4 Å². The predicted octanol–water partition coefficient (Wildman–Crippen LogP) is 5.62. The Morgan fingerprint density at radius 3 is 2.08 bits per heavy atom. The molecule has 0 heterocycles. The molecule has 3 aliphatic rings. The maximum Gasteiger partial charge on any atom is 0.0902 e. The molecule has 2 atom stereocenters. The monoisotopic (exact) mass is 494 g/mol. The number of nitrogens with two attached hydrogens (primary N) is 4. The normalized spacial score (nSPS) is 21.7. The van der Waals surface area contributed by atoms with Gasteiger partial charge < -0.3 is 22.9 Å². The third-order valence-electron chi connectivity index (χ3n) is 8.65. The van der Waals surface area contributed by atoms with E-state index in [-0.39, 0.29) is 5.92 Å². The van der Waals surface area contributed by atoms with Crippen molar-refractivity contribution < 1.29 is 0 Å². The van der Waals surface area contributed by atoms with Gasteiger partial charge in [0.25, 0.3) is 0 Å². The van der Waals surface area contributed by atoms with Gasteiger partial charge in [-0.25, -0.2) is 0 Å². The molecule has 4 nitrogen and oxygen atoms in total. The van der Waals surface area contributed by atoms with Gasteiger partial charge in [-0.3, -0.25) is 0 Å². The van der Waals surface area contributed by atoms with Gasteiger partial charge in [0.2, 0.25) is 0 Å². The third-order valence-corrected chi connectivity index (χ3v) is 8.65. The van der Waals surface area contributed by atoms with Gasteiger partial charge in [0.1, 0.15) is 0 Å². The van der Waals surface area contributed by atoms with Crippen molar-refractivity contribution >= 4 is 23.0 Å². The molecule has 4 aromatic carbocycles. The van der Waals surface area contributed by atoms with Crippen molar-refractivity contribution in [1.82, 2.24) is 0 Å². The summed E-state index contributed by atoms with van der Waals surface area (Å²) in [5.74, 6) is -0.175. The Bertz CT molecular complexity index is 1710. The Kier molecular flexibility index (Phi) is 4.68. The van der Waals surface area contributed by atoms with Gasteiger partial charge in [0.15, 0.2) is 0 Å². The van der Waals surface area contributed by atoms with Gasteiger partial charge in [0, 0.05) is 17.3 Å². The lowest BCUT2D eigenvalue weighted by Gasteiger charge is -2.43. The summed E-state index contributed by atoms with van der Waals surface area (Å²) in [6, 6.07) is 29.6. The minimum Gasteiger partial charge on any atom is -0.399 e. The van der Waals surface area contributed by atoms with E-state index in [4.69, 9.17) is 22.9 Å². The molecule has 0 fully saturated rings. The first kappa shape index (κ1) is 22.8. The van der Waals surface area contributed by atoms with Crippen LogP contribution in [0.3, 0.4) is 0 Å². The highest BCUT2D eigenvalue weighted by molar-refractivity contribution is 5.98. The highest BCUT2D eigenvalue weighted by Crippen LogP contribution is 2.65. The minimum absolute atomic E-state index is 0.175. The van der Waals surface area contributed by atoms with Crippen LogP contribution < -0.4 is 22.9 Å². The first-order valence-electron chi connectivity index (χ1n) is 13.0. The van der Waals surface area contributed by atoms with E-state index >= 15 is 0 Å². The SMILES string of the molecule is C=Cc1ccc(CC2C3=C(C=CC2(N)N)c2ccc(N)cc2C32c3ccccc3-c3ccc(N)cc32)cc1. The zero-order valence-electron chi connectivity index (χ0n) is 21.1. The molecule has 8 N–H and O–H groups in total. The molecule has 4 aromatic rings. The number of nitrogen functional groups attached to an aromatic ring is 2. The molecular formula is C34H30N4. The van der Waals surface area contributed by atoms with E-state index in [0.717, 1.165) is 33.6 Å². The first-order valence-corrected chi connectivity index (χ1v) is 13.0. The summed E-state index contributed by atoms with van der Waals surface area (Å²) in [7, 11) is 0. The van der Waals surface area contributed by atoms with E-state index in [1.807, 2.05) is 24.3 Å². The van der Waals surface area contributed by atoms with Crippen molar-refractivity contribution in [3.8, 4) is 11.1 Å². The van der Waals surface area contributed by atoms with Crippen LogP contribution in [-0.4, -0.2) is 5.66 Å². The van der Waals surface area contributed by atoms with Crippen LogP contribution in [0.5, 0.6) is 0 Å². The highest BCUT2D eigenvalue weighted by atomic mass is 15.0. The lowest BCUT2D eigenvalue weighted by atomic mass is 9.62. The minimum atomic E-state index is -1.05. The zero-order valence-corrected chi connectivity index (χ0v) is 21.1. The summed E-state index contributed by atoms with van der Waals surface area (Å²) in [5.41, 5.74) is 38.4. The van der Waals surface area contributed by atoms with Crippen LogP contribution in [0, 0.1) is 5.92 Å². The van der Waals surface area contributed by atoms with E-state index < -0.39 is 11.1 Å². The van der Waals surface area contributed by atoms with E-state index in [0.29, 0.717) is 6.42 Å². The quantitative estimate of drug-likeness (QED) is 0.219. The second-order valence-electron chi connectivity index (χ2n) is 10.8. The lowest BCUT2D eigenvalue weighted by molar-refractivity contribution is 0.363. The van der Waals surface area contributed by atoms with Gasteiger partial charge in [-0.1, -0.05) is 79.4 Å². The molecule has 38 heavy (non-hydrogen) atoms. The fourth-order valence-electron chi connectivity index (χ4n) is 7.00. The topological polar surface area (TPSA) is 104 Å². The van der Waals surface area contributed by atoms with Crippen LogP contribution in [0.25, 0.3) is 22.8 Å². The van der Waals surface area contributed by atoms with Crippen molar-refractivity contribution in [2.24, 2.45) is 17.4 Å². The standard InChI is InChI=1S/C34H30N4/c1-2-20-7-9-21(10-8-20)17-31-32-27(15-16-33(31,37)38)26-14-12-23(36)19-30(26)34(32)28-6-4-3-5-24(28)25-13-11-22(35)18-29(25)34/h2-16,18-19,31H,1,17,35-38H2. The van der Waals surface area contributed by atoms with Gasteiger partial charge in [0.05, 0.1) is 11.1 Å². The Morgan fingerprint density at radius 2 is 1.37 bits per heavy atom. The Balaban J connectivity index is 1.56. The average molecular weight is 495 g/mol. The fraction of sp³-hybridized carbons (Fsp3) is 0.118.